The smallest absolute Gasteiger partial charge is 0.402 e. The Morgan fingerprint density at radius 2 is 1.93 bits per heavy atom. The highest BCUT2D eigenvalue weighted by Crippen LogP contribution is 2.30. The summed E-state index contributed by atoms with van der Waals surface area (Å²) in [5, 5.41) is 6.08. The molecule has 0 aliphatic carbocycles. The number of aromatic nitrogens is 2. The fourth-order valence-electron chi connectivity index (χ4n) is 2.67. The number of hydrogen-bond donors (Lipinski definition) is 2. The number of aryl methyl sites for hydroxylation is 1. The molecule has 0 unspecified atom stereocenters. The van der Waals surface area contributed by atoms with E-state index in [0.29, 0.717) is 17.7 Å². The van der Waals surface area contributed by atoms with Gasteiger partial charge < -0.3 is 11.1 Å². The van der Waals surface area contributed by atoms with Crippen LogP contribution in [0.15, 0.2) is 60.0 Å². The first-order chi connectivity index (χ1) is 14.0. The molecule has 30 heavy (non-hydrogen) atoms. The van der Waals surface area contributed by atoms with E-state index >= 15 is 0 Å². The maximum atomic E-state index is 13.8. The fourth-order valence-corrected chi connectivity index (χ4v) is 2.67. The zero-order valence-electron chi connectivity index (χ0n) is 16.7. The van der Waals surface area contributed by atoms with Gasteiger partial charge in [-0.1, -0.05) is 25.1 Å². The highest BCUT2D eigenvalue weighted by molar-refractivity contribution is 5.95. The molecule has 0 fully saturated rings. The molecule has 1 aromatic carbocycles. The monoisotopic (exact) mass is 422 g/mol. The zero-order valence-corrected chi connectivity index (χ0v) is 16.7. The third-order valence-electron chi connectivity index (χ3n) is 4.10. The fraction of sp³-hybridized carbons (Fsp3) is 0.238. The summed E-state index contributed by atoms with van der Waals surface area (Å²) in [5.41, 5.74) is 5.80. The number of hydrogen-bond acceptors (Lipinski definition) is 3. The minimum atomic E-state index is -4.59. The van der Waals surface area contributed by atoms with Gasteiger partial charge in [-0.2, -0.15) is 18.3 Å². The average molecular weight is 422 g/mol. The van der Waals surface area contributed by atoms with Crippen LogP contribution in [-0.2, 0) is 13.2 Å². The number of allylic oxidation sites excluding steroid dienone is 5. The van der Waals surface area contributed by atoms with Gasteiger partial charge >= 0.3 is 6.18 Å². The number of amides is 1. The van der Waals surface area contributed by atoms with E-state index in [2.05, 4.69) is 10.4 Å². The first kappa shape index (κ1) is 22.9. The summed E-state index contributed by atoms with van der Waals surface area (Å²) < 4.78 is 53.8. The molecule has 2 aromatic rings. The van der Waals surface area contributed by atoms with Crippen LogP contribution in [0.5, 0.6) is 0 Å². The van der Waals surface area contributed by atoms with Crippen LogP contribution in [0.2, 0.25) is 0 Å². The van der Waals surface area contributed by atoms with Crippen LogP contribution in [0.3, 0.4) is 0 Å². The van der Waals surface area contributed by atoms with Gasteiger partial charge in [-0.25, -0.2) is 4.39 Å². The Morgan fingerprint density at radius 1 is 1.27 bits per heavy atom. The zero-order chi connectivity index (χ0) is 22.5. The standard InChI is InChI=1S/C21H22F4N4O/c1-4-7-14(27-20(30)16-8-5-6-9-17(16)22)10-11-15(13(2)26)18-12-19(21(23,24)25)28-29(18)3/h5-12H,4,26H2,1-3H3,(H,27,30)/b11-10-,14-7-,15-13-. The van der Waals surface area contributed by atoms with Gasteiger partial charge in [-0.3, -0.25) is 9.48 Å². The van der Waals surface area contributed by atoms with Crippen molar-refractivity contribution >= 4 is 11.5 Å². The number of carbonyl (C=O) groups is 1. The third-order valence-corrected chi connectivity index (χ3v) is 4.10. The minimum absolute atomic E-state index is 0.125. The van der Waals surface area contributed by atoms with Crippen molar-refractivity contribution in [1.82, 2.24) is 15.1 Å². The van der Waals surface area contributed by atoms with Crippen molar-refractivity contribution in [2.45, 2.75) is 26.4 Å². The van der Waals surface area contributed by atoms with Crippen LogP contribution in [-0.4, -0.2) is 15.7 Å². The second kappa shape index (κ2) is 9.43. The van der Waals surface area contributed by atoms with Crippen molar-refractivity contribution in [3.63, 3.8) is 0 Å². The third kappa shape index (κ3) is 5.59. The Balaban J connectivity index is 2.33. The van der Waals surface area contributed by atoms with Crippen molar-refractivity contribution in [2.24, 2.45) is 12.8 Å². The summed E-state index contributed by atoms with van der Waals surface area (Å²) in [4.78, 5) is 12.4. The van der Waals surface area contributed by atoms with Gasteiger partial charge in [0.05, 0.1) is 11.3 Å². The summed E-state index contributed by atoms with van der Waals surface area (Å²) >= 11 is 0. The van der Waals surface area contributed by atoms with E-state index in [-0.39, 0.29) is 17.0 Å². The lowest BCUT2D eigenvalue weighted by Crippen LogP contribution is -2.23. The molecule has 0 atom stereocenters. The molecule has 0 saturated carbocycles. The molecule has 0 saturated heterocycles. The van der Waals surface area contributed by atoms with Crippen molar-refractivity contribution in [1.29, 1.82) is 0 Å². The number of alkyl halides is 3. The van der Waals surface area contributed by atoms with Crippen LogP contribution >= 0.6 is 0 Å². The molecule has 160 valence electrons. The van der Waals surface area contributed by atoms with Crippen LogP contribution in [0.1, 0.15) is 42.0 Å². The number of rotatable bonds is 6. The number of carbonyl (C=O) groups excluding carboxylic acids is 1. The van der Waals surface area contributed by atoms with E-state index in [4.69, 9.17) is 5.73 Å². The predicted molar refractivity (Wildman–Crippen MR) is 106 cm³/mol. The highest BCUT2D eigenvalue weighted by Gasteiger charge is 2.34. The Hall–Kier alpha value is -3.36. The largest absolute Gasteiger partial charge is 0.435 e. The van der Waals surface area contributed by atoms with Crippen molar-refractivity contribution < 1.29 is 22.4 Å². The van der Waals surface area contributed by atoms with E-state index in [0.717, 1.165) is 10.7 Å². The second-order valence-corrected chi connectivity index (χ2v) is 6.47. The van der Waals surface area contributed by atoms with Gasteiger partial charge in [0, 0.05) is 24.0 Å². The average Bonchev–Trinajstić information content (AvgIpc) is 3.04. The molecule has 1 heterocycles. The number of nitrogens with one attached hydrogen (secondary N) is 1. The Morgan fingerprint density at radius 3 is 2.47 bits per heavy atom. The number of nitrogens with zero attached hydrogens (tertiary/aromatic N) is 2. The molecule has 0 aliphatic rings. The SMILES string of the molecule is CC/C=C(/C=C\C(=C(/C)N)c1cc(C(F)(F)F)nn1C)NC(=O)c1ccccc1F. The van der Waals surface area contributed by atoms with E-state index < -0.39 is 23.6 Å². The van der Waals surface area contributed by atoms with Crippen LogP contribution < -0.4 is 11.1 Å². The van der Waals surface area contributed by atoms with Gasteiger partial charge in [-0.15, -0.1) is 0 Å². The Bertz CT molecular complexity index is 1010. The minimum Gasteiger partial charge on any atom is -0.402 e. The van der Waals surface area contributed by atoms with E-state index in [1.807, 2.05) is 6.92 Å². The Labute approximate surface area is 171 Å². The molecule has 0 aliphatic heterocycles. The maximum Gasteiger partial charge on any atom is 0.435 e. The summed E-state index contributed by atoms with van der Waals surface area (Å²) in [6, 6.07) is 6.43. The highest BCUT2D eigenvalue weighted by atomic mass is 19.4. The second-order valence-electron chi connectivity index (χ2n) is 6.47. The van der Waals surface area contributed by atoms with Crippen LogP contribution in [0.4, 0.5) is 17.6 Å². The first-order valence-electron chi connectivity index (χ1n) is 9.06. The lowest BCUT2D eigenvalue weighted by Gasteiger charge is -2.09. The van der Waals surface area contributed by atoms with Crippen molar-refractivity contribution in [3.05, 3.63) is 82.7 Å². The molecule has 1 amide bonds. The van der Waals surface area contributed by atoms with Gasteiger partial charge in [-0.05, 0) is 43.7 Å². The van der Waals surface area contributed by atoms with E-state index in [1.165, 1.54) is 43.5 Å². The lowest BCUT2D eigenvalue weighted by atomic mass is 10.1. The number of halogens is 4. The quantitative estimate of drug-likeness (QED) is 0.530. The van der Waals surface area contributed by atoms with Gasteiger partial charge in [0.15, 0.2) is 5.69 Å². The Kier molecular flexibility index (Phi) is 7.20. The molecule has 9 heteroatoms. The van der Waals surface area contributed by atoms with Gasteiger partial charge in [0.2, 0.25) is 0 Å². The summed E-state index contributed by atoms with van der Waals surface area (Å²) in [6.07, 6.45) is 0.628. The lowest BCUT2D eigenvalue weighted by molar-refractivity contribution is -0.141. The molecule has 5 nitrogen and oxygen atoms in total. The molecule has 2 rings (SSSR count). The molecular weight excluding hydrogens is 400 g/mol. The van der Waals surface area contributed by atoms with Gasteiger partial charge in [0.25, 0.3) is 5.91 Å². The molecule has 0 bridgehead atoms. The summed E-state index contributed by atoms with van der Waals surface area (Å²) in [5.74, 6) is -1.31. The molecule has 0 spiro atoms. The molecule has 0 radical (unpaired) electrons. The van der Waals surface area contributed by atoms with Crippen molar-refractivity contribution in [2.75, 3.05) is 0 Å². The normalized spacial score (nSPS) is 13.5. The molecule has 3 N–H and O–H groups in total. The van der Waals surface area contributed by atoms with E-state index in [1.54, 1.807) is 13.0 Å². The number of benzene rings is 1. The van der Waals surface area contributed by atoms with Crippen LogP contribution in [0.25, 0.3) is 5.57 Å². The first-order valence-corrected chi connectivity index (χ1v) is 9.06. The predicted octanol–water partition coefficient (Wildman–Crippen LogP) is 4.55. The summed E-state index contributed by atoms with van der Waals surface area (Å²) in [6.45, 7) is 3.38. The topological polar surface area (TPSA) is 72.9 Å². The number of nitrogens with two attached hydrogens (primary N) is 1. The van der Waals surface area contributed by atoms with Crippen molar-refractivity contribution in [3.8, 4) is 0 Å². The molecule has 1 aromatic heterocycles. The van der Waals surface area contributed by atoms with Crippen LogP contribution in [0, 0.1) is 5.82 Å². The van der Waals surface area contributed by atoms with Gasteiger partial charge in [0.1, 0.15) is 5.82 Å². The summed E-state index contributed by atoms with van der Waals surface area (Å²) in [7, 11) is 1.38. The van der Waals surface area contributed by atoms with E-state index in [9.17, 15) is 22.4 Å². The maximum absolute atomic E-state index is 13.8. The molecular formula is C21H22F4N4O.